The van der Waals surface area contributed by atoms with Crippen LogP contribution in [0.4, 0.5) is 5.69 Å². The van der Waals surface area contributed by atoms with E-state index < -0.39 is 11.8 Å². The van der Waals surface area contributed by atoms with Crippen molar-refractivity contribution in [2.75, 3.05) is 4.90 Å². The molecule has 1 aliphatic heterocycles. The number of amides is 2. The Hall–Kier alpha value is -2.99. The minimum atomic E-state index is -0.531. The molecule has 1 N–H and O–H groups in total. The molecule has 3 aromatic carbocycles. The number of carbonyl (C=O) groups excluding carboxylic acids is 2. The molecule has 0 bridgehead atoms. The highest BCUT2D eigenvalue weighted by molar-refractivity contribution is 7.80. The Kier molecular flexibility index (Phi) is 5.68. The summed E-state index contributed by atoms with van der Waals surface area (Å²) in [6, 6.07) is 21.7. The standard InChI is InChI=1S/C23H14Cl2N2O2S/c24-17-7-5-16(6-8-17)15-3-1-14(2-4-15)13-20-21(28)26-23(30)27(22(20)29)19-11-9-18(25)10-12-19/h1-13H,(H,26,28,30). The highest BCUT2D eigenvalue weighted by Crippen LogP contribution is 2.25. The van der Waals surface area contributed by atoms with Crippen molar-refractivity contribution in [3.05, 3.63) is 94.0 Å². The van der Waals surface area contributed by atoms with E-state index in [0.29, 0.717) is 15.7 Å². The van der Waals surface area contributed by atoms with E-state index in [9.17, 15) is 9.59 Å². The Bertz CT molecular complexity index is 1170. The number of nitrogens with zero attached hydrogens (tertiary/aromatic N) is 1. The molecule has 3 aromatic rings. The molecule has 7 heteroatoms. The van der Waals surface area contributed by atoms with Crippen molar-refractivity contribution in [2.24, 2.45) is 0 Å². The maximum atomic E-state index is 13.0. The summed E-state index contributed by atoms with van der Waals surface area (Å²) in [4.78, 5) is 26.7. The average molecular weight is 453 g/mol. The summed E-state index contributed by atoms with van der Waals surface area (Å²) in [5, 5.41) is 3.81. The molecule has 0 atom stereocenters. The number of nitrogens with one attached hydrogen (secondary N) is 1. The summed E-state index contributed by atoms with van der Waals surface area (Å²) in [5.41, 5.74) is 3.26. The number of rotatable bonds is 3. The fourth-order valence-corrected chi connectivity index (χ4v) is 3.60. The Labute approximate surface area is 188 Å². The lowest BCUT2D eigenvalue weighted by Gasteiger charge is -2.28. The van der Waals surface area contributed by atoms with E-state index in [0.717, 1.165) is 16.7 Å². The maximum absolute atomic E-state index is 13.0. The molecule has 148 valence electrons. The van der Waals surface area contributed by atoms with Crippen LogP contribution in [0.3, 0.4) is 0 Å². The molecule has 1 heterocycles. The normalized spacial score (nSPS) is 15.5. The number of anilines is 1. The zero-order valence-electron chi connectivity index (χ0n) is 15.4. The molecular formula is C23H14Cl2N2O2S. The van der Waals surface area contributed by atoms with Crippen molar-refractivity contribution in [2.45, 2.75) is 0 Å². The van der Waals surface area contributed by atoms with Gasteiger partial charge in [0.05, 0.1) is 5.69 Å². The average Bonchev–Trinajstić information content (AvgIpc) is 2.73. The van der Waals surface area contributed by atoms with Crippen LogP contribution in [0.2, 0.25) is 10.0 Å². The van der Waals surface area contributed by atoms with Crippen LogP contribution in [0, 0.1) is 0 Å². The number of thiocarbonyl (C=S) groups is 1. The Morgan fingerprint density at radius 1 is 0.767 bits per heavy atom. The third-order valence-electron chi connectivity index (χ3n) is 4.59. The predicted molar refractivity (Wildman–Crippen MR) is 125 cm³/mol. The van der Waals surface area contributed by atoms with Gasteiger partial charge < -0.3 is 0 Å². The Morgan fingerprint density at radius 2 is 1.27 bits per heavy atom. The largest absolute Gasteiger partial charge is 0.298 e. The minimum absolute atomic E-state index is 0.00204. The van der Waals surface area contributed by atoms with Gasteiger partial charge in [-0.2, -0.15) is 0 Å². The van der Waals surface area contributed by atoms with Crippen molar-refractivity contribution in [1.82, 2.24) is 5.32 Å². The molecule has 30 heavy (non-hydrogen) atoms. The van der Waals surface area contributed by atoms with E-state index in [1.807, 2.05) is 48.5 Å². The first kappa shape index (κ1) is 20.3. The number of benzene rings is 3. The van der Waals surface area contributed by atoms with Gasteiger partial charge in [0.2, 0.25) is 0 Å². The van der Waals surface area contributed by atoms with Crippen molar-refractivity contribution in [3.63, 3.8) is 0 Å². The molecule has 4 rings (SSSR count). The fraction of sp³-hybridized carbons (Fsp3) is 0. The van der Waals surface area contributed by atoms with Gasteiger partial charge in [-0.25, -0.2) is 0 Å². The molecule has 1 aliphatic rings. The van der Waals surface area contributed by atoms with Crippen LogP contribution in [0.15, 0.2) is 78.4 Å². The molecule has 0 radical (unpaired) electrons. The first-order chi connectivity index (χ1) is 14.4. The maximum Gasteiger partial charge on any atom is 0.270 e. The lowest BCUT2D eigenvalue weighted by molar-refractivity contribution is -0.122. The quantitative estimate of drug-likeness (QED) is 0.324. The fourth-order valence-electron chi connectivity index (χ4n) is 3.06. The molecule has 0 unspecified atom stereocenters. The van der Waals surface area contributed by atoms with Crippen LogP contribution >= 0.6 is 35.4 Å². The molecule has 0 aliphatic carbocycles. The summed E-state index contributed by atoms with van der Waals surface area (Å²) in [6.45, 7) is 0. The van der Waals surface area contributed by atoms with Crippen LogP contribution < -0.4 is 10.2 Å². The number of carbonyl (C=O) groups is 2. The Morgan fingerprint density at radius 3 is 1.83 bits per heavy atom. The molecule has 4 nitrogen and oxygen atoms in total. The minimum Gasteiger partial charge on any atom is -0.298 e. The van der Waals surface area contributed by atoms with Crippen molar-refractivity contribution < 1.29 is 9.59 Å². The third kappa shape index (κ3) is 4.14. The molecule has 2 amide bonds. The van der Waals surface area contributed by atoms with Crippen LogP contribution in [0.25, 0.3) is 17.2 Å². The summed E-state index contributed by atoms with van der Waals surface area (Å²) in [7, 11) is 0. The highest BCUT2D eigenvalue weighted by Gasteiger charge is 2.34. The topological polar surface area (TPSA) is 49.4 Å². The van der Waals surface area contributed by atoms with Crippen LogP contribution in [0.1, 0.15) is 5.56 Å². The van der Waals surface area contributed by atoms with Gasteiger partial charge in [-0.15, -0.1) is 0 Å². The van der Waals surface area contributed by atoms with Crippen molar-refractivity contribution in [1.29, 1.82) is 0 Å². The van der Waals surface area contributed by atoms with Gasteiger partial charge in [0, 0.05) is 10.0 Å². The van der Waals surface area contributed by atoms with E-state index in [-0.39, 0.29) is 10.7 Å². The first-order valence-corrected chi connectivity index (χ1v) is 10.1. The summed E-state index contributed by atoms with van der Waals surface area (Å²) in [6.07, 6.45) is 1.55. The smallest absolute Gasteiger partial charge is 0.270 e. The monoisotopic (exact) mass is 452 g/mol. The molecule has 1 fully saturated rings. The van der Waals surface area contributed by atoms with Gasteiger partial charge in [-0.3, -0.25) is 19.8 Å². The van der Waals surface area contributed by atoms with Gasteiger partial charge in [-0.05, 0) is 71.4 Å². The van der Waals surface area contributed by atoms with Gasteiger partial charge in [0.25, 0.3) is 11.8 Å². The van der Waals surface area contributed by atoms with Crippen LogP contribution in [0.5, 0.6) is 0 Å². The summed E-state index contributed by atoms with van der Waals surface area (Å²) >= 11 is 17.1. The van der Waals surface area contributed by atoms with Crippen molar-refractivity contribution >= 4 is 64.1 Å². The SMILES string of the molecule is O=C1NC(=S)N(c2ccc(Cl)cc2)C(=O)C1=Cc1ccc(-c2ccc(Cl)cc2)cc1. The first-order valence-electron chi connectivity index (χ1n) is 8.95. The van der Waals surface area contributed by atoms with Crippen molar-refractivity contribution in [3.8, 4) is 11.1 Å². The molecule has 0 aromatic heterocycles. The number of hydrogen-bond acceptors (Lipinski definition) is 3. The van der Waals surface area contributed by atoms with E-state index >= 15 is 0 Å². The molecular weight excluding hydrogens is 439 g/mol. The van der Waals surface area contributed by atoms with Crippen LogP contribution in [-0.4, -0.2) is 16.9 Å². The zero-order valence-corrected chi connectivity index (χ0v) is 17.8. The second-order valence-corrected chi connectivity index (χ2v) is 7.82. The van der Waals surface area contributed by atoms with Gasteiger partial charge in [0.1, 0.15) is 5.57 Å². The summed E-state index contributed by atoms with van der Waals surface area (Å²) in [5.74, 6) is -1.02. The lowest BCUT2D eigenvalue weighted by Crippen LogP contribution is -2.54. The Balaban J connectivity index is 1.63. The number of halogens is 2. The summed E-state index contributed by atoms with van der Waals surface area (Å²) < 4.78 is 0. The molecule has 1 saturated heterocycles. The van der Waals surface area contributed by atoms with Gasteiger partial charge in [0.15, 0.2) is 5.11 Å². The van der Waals surface area contributed by atoms with Crippen LogP contribution in [-0.2, 0) is 9.59 Å². The second-order valence-electron chi connectivity index (χ2n) is 6.56. The van der Waals surface area contributed by atoms with Gasteiger partial charge >= 0.3 is 0 Å². The van der Waals surface area contributed by atoms with Gasteiger partial charge in [-0.1, -0.05) is 59.6 Å². The lowest BCUT2D eigenvalue weighted by atomic mass is 10.0. The second kappa shape index (κ2) is 8.40. The predicted octanol–water partition coefficient (Wildman–Crippen LogP) is 5.49. The third-order valence-corrected chi connectivity index (χ3v) is 5.37. The van der Waals surface area contributed by atoms with E-state index in [1.54, 1.807) is 30.3 Å². The van der Waals surface area contributed by atoms with E-state index in [2.05, 4.69) is 5.32 Å². The van der Waals surface area contributed by atoms with E-state index in [1.165, 1.54) is 4.90 Å². The number of hydrogen-bond donors (Lipinski definition) is 1. The molecule has 0 spiro atoms. The molecule has 0 saturated carbocycles. The highest BCUT2D eigenvalue weighted by atomic mass is 35.5. The zero-order chi connectivity index (χ0) is 21.3. The van der Waals surface area contributed by atoms with E-state index in [4.69, 9.17) is 35.4 Å².